The lowest BCUT2D eigenvalue weighted by Gasteiger charge is -2.23. The topological polar surface area (TPSA) is 49.3 Å². The minimum Gasteiger partial charge on any atom is -0.292 e. The van der Waals surface area contributed by atoms with Crippen LogP contribution in [0.1, 0.15) is 26.6 Å². The third-order valence-electron chi connectivity index (χ3n) is 5.29. The highest BCUT2D eigenvalue weighted by atomic mass is 32.1. The number of anilines is 1. The predicted molar refractivity (Wildman–Crippen MR) is 130 cm³/mol. The van der Waals surface area contributed by atoms with Crippen molar-refractivity contribution in [1.82, 2.24) is 14.9 Å². The van der Waals surface area contributed by atoms with Crippen molar-refractivity contribution < 1.29 is 4.79 Å². The molecule has 2 heterocycles. The van der Waals surface area contributed by atoms with Gasteiger partial charge in [0, 0.05) is 17.6 Å². The molecule has 0 aliphatic carbocycles. The highest BCUT2D eigenvalue weighted by Gasteiger charge is 2.22. The molecule has 31 heavy (non-hydrogen) atoms. The van der Waals surface area contributed by atoms with Crippen LogP contribution < -0.4 is 4.90 Å². The summed E-state index contributed by atoms with van der Waals surface area (Å²) in [6.45, 7) is 7.71. The van der Waals surface area contributed by atoms with Crippen molar-refractivity contribution in [2.45, 2.75) is 33.9 Å². The quantitative estimate of drug-likeness (QED) is 0.381. The van der Waals surface area contributed by atoms with Crippen molar-refractivity contribution >= 4 is 43.9 Å². The molecule has 0 unspecified atom stereocenters. The van der Waals surface area contributed by atoms with Crippen LogP contribution in [-0.2, 0) is 17.9 Å². The fraction of sp³-hybridized carbons (Fsp3) is 0.292. The maximum atomic E-state index is 13.4. The SMILES string of the molecule is Cc1ncc(CN(C)CC(=O)N(Cc2ccccc2)c2nc3c(C)c(C)ccc3s2)s1. The van der Waals surface area contributed by atoms with E-state index >= 15 is 0 Å². The Balaban J connectivity index is 1.61. The third-order valence-corrected chi connectivity index (χ3v) is 7.23. The van der Waals surface area contributed by atoms with E-state index in [-0.39, 0.29) is 5.91 Å². The van der Waals surface area contributed by atoms with Crippen molar-refractivity contribution in [3.8, 4) is 0 Å². The van der Waals surface area contributed by atoms with Crippen LogP contribution in [0.4, 0.5) is 5.13 Å². The molecule has 0 saturated heterocycles. The monoisotopic (exact) mass is 450 g/mol. The number of likely N-dealkylation sites (N-methyl/N-ethyl adjacent to an activating group) is 1. The van der Waals surface area contributed by atoms with E-state index in [0.29, 0.717) is 19.6 Å². The van der Waals surface area contributed by atoms with Crippen LogP contribution in [0.15, 0.2) is 48.7 Å². The Bertz CT molecular complexity index is 1200. The van der Waals surface area contributed by atoms with Crippen LogP contribution in [0, 0.1) is 20.8 Å². The summed E-state index contributed by atoms with van der Waals surface area (Å²) in [5.74, 6) is 0.0426. The van der Waals surface area contributed by atoms with Crippen molar-refractivity contribution in [2.24, 2.45) is 0 Å². The first-order valence-corrected chi connectivity index (χ1v) is 11.8. The Morgan fingerprint density at radius 2 is 1.77 bits per heavy atom. The van der Waals surface area contributed by atoms with E-state index in [0.717, 1.165) is 30.8 Å². The molecule has 2 aromatic carbocycles. The fourth-order valence-electron chi connectivity index (χ4n) is 3.47. The Morgan fingerprint density at radius 3 is 2.48 bits per heavy atom. The van der Waals surface area contributed by atoms with Gasteiger partial charge in [0.05, 0.1) is 28.3 Å². The minimum absolute atomic E-state index is 0.0426. The van der Waals surface area contributed by atoms with E-state index in [4.69, 9.17) is 4.98 Å². The third kappa shape index (κ3) is 5.01. The number of carbonyl (C=O) groups excluding carboxylic acids is 1. The van der Waals surface area contributed by atoms with Gasteiger partial charge in [-0.3, -0.25) is 14.6 Å². The lowest BCUT2D eigenvalue weighted by atomic mass is 10.1. The normalized spacial score (nSPS) is 11.4. The lowest BCUT2D eigenvalue weighted by molar-refractivity contribution is -0.119. The number of amides is 1. The van der Waals surface area contributed by atoms with Gasteiger partial charge in [0.2, 0.25) is 5.91 Å². The van der Waals surface area contributed by atoms with E-state index in [1.807, 2.05) is 60.3 Å². The number of benzene rings is 2. The zero-order valence-corrected chi connectivity index (χ0v) is 19.9. The summed E-state index contributed by atoms with van der Waals surface area (Å²) in [5.41, 5.74) is 4.46. The van der Waals surface area contributed by atoms with Gasteiger partial charge in [-0.05, 0) is 50.6 Å². The number of aromatic nitrogens is 2. The Morgan fingerprint density at radius 1 is 1.00 bits per heavy atom. The maximum absolute atomic E-state index is 13.4. The van der Waals surface area contributed by atoms with E-state index in [1.165, 1.54) is 11.1 Å². The highest BCUT2D eigenvalue weighted by Crippen LogP contribution is 2.33. The van der Waals surface area contributed by atoms with Crippen molar-refractivity contribution in [3.63, 3.8) is 0 Å². The molecule has 0 aliphatic heterocycles. The molecular weight excluding hydrogens is 424 g/mol. The molecule has 4 aromatic rings. The molecule has 1 amide bonds. The molecular formula is C24H26N4OS2. The molecule has 160 valence electrons. The predicted octanol–water partition coefficient (Wildman–Crippen LogP) is 5.34. The van der Waals surface area contributed by atoms with E-state index < -0.39 is 0 Å². The van der Waals surface area contributed by atoms with Crippen LogP contribution in [0.3, 0.4) is 0 Å². The number of hydrogen-bond acceptors (Lipinski definition) is 6. The summed E-state index contributed by atoms with van der Waals surface area (Å²) in [7, 11) is 1.97. The van der Waals surface area contributed by atoms with Gasteiger partial charge in [-0.2, -0.15) is 0 Å². The van der Waals surface area contributed by atoms with Gasteiger partial charge >= 0.3 is 0 Å². The number of rotatable bonds is 7. The first-order valence-electron chi connectivity index (χ1n) is 10.2. The summed E-state index contributed by atoms with van der Waals surface area (Å²) in [4.78, 5) is 27.6. The second-order valence-corrected chi connectivity index (χ2v) is 10.2. The van der Waals surface area contributed by atoms with E-state index in [9.17, 15) is 4.79 Å². The summed E-state index contributed by atoms with van der Waals surface area (Å²) in [6.07, 6.45) is 1.89. The Hall–Kier alpha value is -2.61. The van der Waals surface area contributed by atoms with Gasteiger partial charge < -0.3 is 0 Å². The number of aryl methyl sites for hydroxylation is 3. The van der Waals surface area contributed by atoms with Gasteiger partial charge in [-0.25, -0.2) is 9.97 Å². The van der Waals surface area contributed by atoms with Crippen LogP contribution in [-0.4, -0.2) is 34.4 Å². The van der Waals surface area contributed by atoms with Crippen molar-refractivity contribution in [2.75, 3.05) is 18.5 Å². The average Bonchev–Trinajstić information content (AvgIpc) is 3.36. The van der Waals surface area contributed by atoms with Crippen molar-refractivity contribution in [3.05, 3.63) is 75.2 Å². The van der Waals surface area contributed by atoms with Crippen LogP contribution in [0.25, 0.3) is 10.2 Å². The smallest absolute Gasteiger partial charge is 0.243 e. The number of carbonyl (C=O) groups is 1. The van der Waals surface area contributed by atoms with Crippen molar-refractivity contribution in [1.29, 1.82) is 0 Å². The zero-order valence-electron chi connectivity index (χ0n) is 18.3. The zero-order chi connectivity index (χ0) is 22.0. The lowest BCUT2D eigenvalue weighted by Crippen LogP contribution is -2.38. The fourth-order valence-corrected chi connectivity index (χ4v) is 5.39. The number of fused-ring (bicyclic) bond motifs is 1. The Kier molecular flexibility index (Phi) is 6.46. The molecule has 0 radical (unpaired) electrons. The molecule has 2 aromatic heterocycles. The summed E-state index contributed by atoms with van der Waals surface area (Å²) in [6, 6.07) is 14.3. The summed E-state index contributed by atoms with van der Waals surface area (Å²) in [5, 5.41) is 1.79. The second kappa shape index (κ2) is 9.26. The summed E-state index contributed by atoms with van der Waals surface area (Å²) >= 11 is 3.25. The van der Waals surface area contributed by atoms with E-state index in [2.05, 4.69) is 31.0 Å². The molecule has 0 saturated carbocycles. The minimum atomic E-state index is 0.0426. The van der Waals surface area contributed by atoms with Crippen LogP contribution in [0.5, 0.6) is 0 Å². The van der Waals surface area contributed by atoms with E-state index in [1.54, 1.807) is 22.7 Å². The molecule has 0 fully saturated rings. The molecule has 0 atom stereocenters. The van der Waals surface area contributed by atoms with Crippen LogP contribution in [0.2, 0.25) is 0 Å². The molecule has 0 spiro atoms. The van der Waals surface area contributed by atoms with Gasteiger partial charge in [0.1, 0.15) is 0 Å². The van der Waals surface area contributed by atoms with Gasteiger partial charge in [0.15, 0.2) is 5.13 Å². The van der Waals surface area contributed by atoms with Gasteiger partial charge in [0.25, 0.3) is 0 Å². The largest absolute Gasteiger partial charge is 0.292 e. The molecule has 0 aliphatic rings. The summed E-state index contributed by atoms with van der Waals surface area (Å²) < 4.78 is 1.11. The Labute approximate surface area is 191 Å². The first-order chi connectivity index (χ1) is 14.9. The van der Waals surface area contributed by atoms with Crippen LogP contribution >= 0.6 is 22.7 Å². The molecule has 5 nitrogen and oxygen atoms in total. The molecule has 0 N–H and O–H groups in total. The number of hydrogen-bond donors (Lipinski definition) is 0. The molecule has 4 rings (SSSR count). The highest BCUT2D eigenvalue weighted by molar-refractivity contribution is 7.22. The average molecular weight is 451 g/mol. The standard InChI is InChI=1S/C24H26N4OS2/c1-16-10-11-21-23(17(16)2)26-24(31-21)28(13-19-8-6-5-7-9-19)22(29)15-27(4)14-20-12-25-18(3)30-20/h5-12H,13-15H2,1-4H3. The molecule has 0 bridgehead atoms. The van der Waals surface area contributed by atoms with Gasteiger partial charge in [-0.15, -0.1) is 11.3 Å². The maximum Gasteiger partial charge on any atom is 0.243 e. The number of nitrogens with zero attached hydrogens (tertiary/aromatic N) is 4. The first kappa shape index (κ1) is 21.6. The van der Waals surface area contributed by atoms with Gasteiger partial charge in [-0.1, -0.05) is 47.7 Å². The molecule has 7 heteroatoms. The number of thiazole rings is 2. The second-order valence-electron chi connectivity index (χ2n) is 7.83.